The van der Waals surface area contributed by atoms with E-state index in [1.165, 1.54) is 12.1 Å². The Labute approximate surface area is 153 Å². The molecule has 2 unspecified atom stereocenters. The molecule has 1 aromatic carbocycles. The minimum atomic E-state index is -1.81. The average Bonchev–Trinajstić information content (AvgIpc) is 2.55. The van der Waals surface area contributed by atoms with Gasteiger partial charge in [-0.05, 0) is 12.1 Å². The molecule has 144 valence electrons. The molecule has 0 aromatic heterocycles. The smallest absolute Gasteiger partial charge is 0.303 e. The van der Waals surface area contributed by atoms with Gasteiger partial charge in [-0.3, -0.25) is 24.0 Å². The molecule has 2 amide bonds. The summed E-state index contributed by atoms with van der Waals surface area (Å²) in [6, 6.07) is 4.87. The summed E-state index contributed by atoms with van der Waals surface area (Å²) in [7, 11) is 0. The minimum Gasteiger partial charge on any atom is -0.453 e. The summed E-state index contributed by atoms with van der Waals surface area (Å²) in [6.07, 6.45) is -5.33. The first-order valence-corrected chi connectivity index (χ1v) is 7.77. The van der Waals surface area contributed by atoms with Gasteiger partial charge in [-0.1, -0.05) is 12.1 Å². The van der Waals surface area contributed by atoms with Crippen LogP contribution in [0.5, 0.6) is 0 Å². The summed E-state index contributed by atoms with van der Waals surface area (Å²) in [5, 5.41) is 0. The van der Waals surface area contributed by atoms with Crippen molar-refractivity contribution >= 4 is 35.4 Å². The van der Waals surface area contributed by atoms with E-state index in [0.717, 1.165) is 32.9 Å². The molecule has 0 spiro atoms. The molecule has 0 aliphatic carbocycles. The van der Waals surface area contributed by atoms with Crippen molar-refractivity contribution in [3.63, 3.8) is 0 Å². The van der Waals surface area contributed by atoms with Crippen LogP contribution in [-0.2, 0) is 38.2 Å². The molecule has 27 heavy (non-hydrogen) atoms. The second-order valence-electron chi connectivity index (χ2n) is 5.60. The topological polar surface area (TPSA) is 116 Å². The van der Waals surface area contributed by atoms with Gasteiger partial charge in [0.05, 0.1) is 5.69 Å². The van der Waals surface area contributed by atoms with Gasteiger partial charge < -0.3 is 14.2 Å². The van der Waals surface area contributed by atoms with E-state index in [1.54, 1.807) is 0 Å². The second kappa shape index (κ2) is 7.94. The van der Waals surface area contributed by atoms with Gasteiger partial charge in [0.2, 0.25) is 12.2 Å². The highest BCUT2D eigenvalue weighted by Crippen LogP contribution is 2.29. The number of amides is 2. The van der Waals surface area contributed by atoms with Crippen LogP contribution in [0.25, 0.3) is 0 Å². The number of benzene rings is 1. The third-order valence-corrected chi connectivity index (χ3v) is 3.51. The monoisotopic (exact) mass is 381 g/mol. The van der Waals surface area contributed by atoms with Gasteiger partial charge in [0.1, 0.15) is 5.82 Å². The summed E-state index contributed by atoms with van der Waals surface area (Å²) >= 11 is 0. The fourth-order valence-electron chi connectivity index (χ4n) is 2.58. The SMILES string of the molecule is CC(=O)OC1C(=O)N(c2ccccc2F)C(=O)C(OC(C)=O)C1OC(C)=O. The highest BCUT2D eigenvalue weighted by atomic mass is 19.1. The normalized spacial score (nSPS) is 22.2. The molecule has 10 heteroatoms. The molecule has 0 saturated carbocycles. The third kappa shape index (κ3) is 4.27. The Morgan fingerprint density at radius 1 is 0.852 bits per heavy atom. The van der Waals surface area contributed by atoms with Crippen LogP contribution in [0.4, 0.5) is 10.1 Å². The van der Waals surface area contributed by atoms with Gasteiger partial charge in [-0.15, -0.1) is 0 Å². The molecular weight excluding hydrogens is 365 g/mol. The molecule has 1 aliphatic rings. The largest absolute Gasteiger partial charge is 0.453 e. The van der Waals surface area contributed by atoms with E-state index < -0.39 is 59.5 Å². The van der Waals surface area contributed by atoms with Crippen LogP contribution in [0.1, 0.15) is 20.8 Å². The van der Waals surface area contributed by atoms with Crippen molar-refractivity contribution in [3.8, 4) is 0 Å². The Morgan fingerprint density at radius 3 is 1.70 bits per heavy atom. The number of para-hydroxylation sites is 1. The number of anilines is 1. The van der Waals surface area contributed by atoms with Crippen LogP contribution >= 0.6 is 0 Å². The Morgan fingerprint density at radius 2 is 1.30 bits per heavy atom. The van der Waals surface area contributed by atoms with E-state index in [2.05, 4.69) is 0 Å². The number of halogens is 1. The van der Waals surface area contributed by atoms with E-state index in [-0.39, 0.29) is 0 Å². The fraction of sp³-hybridized carbons (Fsp3) is 0.353. The maximum absolute atomic E-state index is 14.2. The van der Waals surface area contributed by atoms with Crippen LogP contribution in [0.3, 0.4) is 0 Å². The highest BCUT2D eigenvalue weighted by molar-refractivity contribution is 6.21. The van der Waals surface area contributed by atoms with Crippen molar-refractivity contribution in [1.82, 2.24) is 0 Å². The van der Waals surface area contributed by atoms with Crippen LogP contribution in [0.2, 0.25) is 0 Å². The van der Waals surface area contributed by atoms with Crippen molar-refractivity contribution in [3.05, 3.63) is 30.1 Å². The van der Waals surface area contributed by atoms with Gasteiger partial charge >= 0.3 is 17.9 Å². The summed E-state index contributed by atoms with van der Waals surface area (Å²) in [5.74, 6) is -5.95. The van der Waals surface area contributed by atoms with Gasteiger partial charge in [0, 0.05) is 20.8 Å². The maximum Gasteiger partial charge on any atom is 0.303 e. The third-order valence-electron chi connectivity index (χ3n) is 3.51. The molecule has 0 radical (unpaired) electrons. The molecule has 1 saturated heterocycles. The number of nitrogens with zero attached hydrogens (tertiary/aromatic N) is 1. The highest BCUT2D eigenvalue weighted by Gasteiger charge is 2.55. The first kappa shape index (κ1) is 20.0. The van der Waals surface area contributed by atoms with Crippen molar-refractivity contribution in [2.24, 2.45) is 0 Å². The Kier molecular flexibility index (Phi) is 5.88. The lowest BCUT2D eigenvalue weighted by atomic mass is 9.98. The number of ether oxygens (including phenoxy) is 3. The molecule has 1 heterocycles. The van der Waals surface area contributed by atoms with Crippen LogP contribution in [0, 0.1) is 5.82 Å². The van der Waals surface area contributed by atoms with E-state index in [0.29, 0.717) is 4.90 Å². The summed E-state index contributed by atoms with van der Waals surface area (Å²) in [6.45, 7) is 2.97. The van der Waals surface area contributed by atoms with E-state index in [4.69, 9.17) is 14.2 Å². The summed E-state index contributed by atoms with van der Waals surface area (Å²) in [5.41, 5.74) is -0.428. The van der Waals surface area contributed by atoms with Crippen LogP contribution < -0.4 is 4.90 Å². The molecule has 1 fully saturated rings. The number of carbonyl (C=O) groups excluding carboxylic acids is 5. The lowest BCUT2D eigenvalue weighted by Crippen LogP contribution is -2.65. The Hall–Kier alpha value is -3.30. The first-order chi connectivity index (χ1) is 12.6. The van der Waals surface area contributed by atoms with Crippen molar-refractivity contribution in [2.75, 3.05) is 4.90 Å². The maximum atomic E-state index is 14.2. The summed E-state index contributed by atoms with van der Waals surface area (Å²) in [4.78, 5) is 60.2. The molecule has 2 rings (SSSR count). The zero-order valence-electron chi connectivity index (χ0n) is 14.6. The number of rotatable bonds is 4. The lowest BCUT2D eigenvalue weighted by molar-refractivity contribution is -0.191. The standard InChI is InChI=1S/C17H16FNO8/c1-8(20)25-13-14(26-9(2)21)16(23)19(12-7-5-4-6-11(12)18)17(24)15(13)27-10(3)22/h4-7,13-15H,1-3H3. The van der Waals surface area contributed by atoms with E-state index in [1.807, 2.05) is 0 Å². The number of piperidine rings is 1. The number of hydrogen-bond acceptors (Lipinski definition) is 8. The molecule has 0 N–H and O–H groups in total. The zero-order valence-corrected chi connectivity index (χ0v) is 14.6. The minimum absolute atomic E-state index is 0.399. The lowest BCUT2D eigenvalue weighted by Gasteiger charge is -2.39. The molecule has 0 bridgehead atoms. The predicted molar refractivity (Wildman–Crippen MR) is 85.6 cm³/mol. The van der Waals surface area contributed by atoms with Crippen molar-refractivity contribution < 1.29 is 42.6 Å². The van der Waals surface area contributed by atoms with Crippen LogP contribution in [0.15, 0.2) is 24.3 Å². The molecule has 9 nitrogen and oxygen atoms in total. The first-order valence-electron chi connectivity index (χ1n) is 7.77. The molecular formula is C17H16FNO8. The van der Waals surface area contributed by atoms with E-state index >= 15 is 0 Å². The van der Waals surface area contributed by atoms with Crippen LogP contribution in [-0.4, -0.2) is 48.0 Å². The quantitative estimate of drug-likeness (QED) is 0.420. The predicted octanol–water partition coefficient (Wildman–Crippen LogP) is 0.494. The Balaban J connectivity index is 2.58. The second-order valence-corrected chi connectivity index (χ2v) is 5.60. The number of hydrogen-bond donors (Lipinski definition) is 0. The number of esters is 3. The Bertz CT molecular complexity index is 772. The van der Waals surface area contributed by atoms with Crippen molar-refractivity contribution in [1.29, 1.82) is 0 Å². The molecule has 1 aromatic rings. The fourth-order valence-corrected chi connectivity index (χ4v) is 2.58. The van der Waals surface area contributed by atoms with Gasteiger partial charge in [-0.25, -0.2) is 9.29 Å². The summed E-state index contributed by atoms with van der Waals surface area (Å²) < 4.78 is 28.9. The average molecular weight is 381 g/mol. The van der Waals surface area contributed by atoms with Gasteiger partial charge in [-0.2, -0.15) is 0 Å². The number of imide groups is 1. The van der Waals surface area contributed by atoms with Crippen molar-refractivity contribution in [2.45, 2.75) is 39.1 Å². The van der Waals surface area contributed by atoms with Gasteiger partial charge in [0.25, 0.3) is 11.8 Å². The number of carbonyl (C=O) groups is 5. The van der Waals surface area contributed by atoms with E-state index in [9.17, 15) is 28.4 Å². The van der Waals surface area contributed by atoms with Gasteiger partial charge in [0.15, 0.2) is 6.10 Å². The zero-order chi connectivity index (χ0) is 20.3. The molecule has 1 aliphatic heterocycles. The molecule has 2 atom stereocenters.